The van der Waals surface area contributed by atoms with E-state index in [1.807, 2.05) is 6.07 Å². The maximum absolute atomic E-state index is 6.37. The van der Waals surface area contributed by atoms with Gasteiger partial charge >= 0.3 is 0 Å². The maximum atomic E-state index is 6.37. The molecule has 1 heterocycles. The Labute approximate surface area is 120 Å². The van der Waals surface area contributed by atoms with Crippen LogP contribution in [0.25, 0.3) is 0 Å². The minimum absolute atomic E-state index is 0.377. The van der Waals surface area contributed by atoms with Gasteiger partial charge < -0.3 is 5.32 Å². The molecule has 1 N–H and O–H groups in total. The van der Waals surface area contributed by atoms with Gasteiger partial charge in [0.05, 0.1) is 5.02 Å². The lowest BCUT2D eigenvalue weighted by Crippen LogP contribution is -2.37. The molecule has 1 aliphatic rings. The van der Waals surface area contributed by atoms with E-state index in [1.165, 1.54) is 43.4 Å². The summed E-state index contributed by atoms with van der Waals surface area (Å²) in [7, 11) is 0. The van der Waals surface area contributed by atoms with E-state index in [0.29, 0.717) is 11.5 Å². The summed E-state index contributed by atoms with van der Waals surface area (Å²) in [6, 6.07) is 2.47. The van der Waals surface area contributed by atoms with Crippen LogP contribution in [0.15, 0.2) is 11.4 Å². The van der Waals surface area contributed by atoms with Crippen molar-refractivity contribution in [3.05, 3.63) is 21.3 Å². The second-order valence-corrected chi connectivity index (χ2v) is 7.09. The fourth-order valence-electron chi connectivity index (χ4n) is 3.10. The zero-order valence-electron chi connectivity index (χ0n) is 11.5. The summed E-state index contributed by atoms with van der Waals surface area (Å²) in [5.74, 6) is 0. The molecule has 0 amide bonds. The molecule has 3 heteroatoms. The Morgan fingerprint density at radius 2 is 2.11 bits per heavy atom. The smallest absolute Gasteiger partial charge is 0.0561 e. The number of thiophene rings is 1. The Balaban J connectivity index is 2.21. The molecular weight excluding hydrogens is 262 g/mol. The highest BCUT2D eigenvalue weighted by molar-refractivity contribution is 7.10. The van der Waals surface area contributed by atoms with Crippen LogP contribution in [-0.2, 0) is 0 Å². The summed E-state index contributed by atoms with van der Waals surface area (Å²) in [6.07, 6.45) is 7.95. The van der Waals surface area contributed by atoms with Gasteiger partial charge in [-0.25, -0.2) is 0 Å². The van der Waals surface area contributed by atoms with Crippen molar-refractivity contribution in [2.75, 3.05) is 6.54 Å². The molecular formula is C15H24ClNS. The Morgan fingerprint density at radius 3 is 2.67 bits per heavy atom. The molecule has 18 heavy (non-hydrogen) atoms. The molecule has 0 bridgehead atoms. The van der Waals surface area contributed by atoms with E-state index in [9.17, 15) is 0 Å². The molecule has 0 saturated heterocycles. The predicted octanol–water partition coefficient (Wildman–Crippen LogP) is 5.41. The third kappa shape index (κ3) is 3.09. The van der Waals surface area contributed by atoms with Gasteiger partial charge in [-0.2, -0.15) is 0 Å². The molecule has 0 aliphatic heterocycles. The third-order valence-corrected chi connectivity index (χ3v) is 5.62. The molecule has 1 unspecified atom stereocenters. The quantitative estimate of drug-likeness (QED) is 0.762. The van der Waals surface area contributed by atoms with Gasteiger partial charge in [-0.15, -0.1) is 11.3 Å². The highest BCUT2D eigenvalue weighted by atomic mass is 35.5. The number of hydrogen-bond donors (Lipinski definition) is 1. The topological polar surface area (TPSA) is 12.0 Å². The summed E-state index contributed by atoms with van der Waals surface area (Å²) in [5, 5.41) is 6.81. The highest BCUT2D eigenvalue weighted by Crippen LogP contribution is 2.48. The standard InChI is InChI=1S/C15H24ClNS/c1-3-10-17-14(13-12(16)7-11-18-13)15(2)8-5-4-6-9-15/h7,11,14,17H,3-6,8-10H2,1-2H3. The van der Waals surface area contributed by atoms with Crippen LogP contribution in [0.5, 0.6) is 0 Å². The maximum Gasteiger partial charge on any atom is 0.0561 e. The minimum atomic E-state index is 0.377. The van der Waals surface area contributed by atoms with Crippen LogP contribution in [0, 0.1) is 5.41 Å². The molecule has 1 saturated carbocycles. The zero-order chi connectivity index (χ0) is 13.0. The molecule has 2 rings (SSSR count). The van der Waals surface area contributed by atoms with Crippen molar-refractivity contribution in [2.24, 2.45) is 5.41 Å². The summed E-state index contributed by atoms with van der Waals surface area (Å²) < 4.78 is 0. The Hall–Kier alpha value is -0.0500. The van der Waals surface area contributed by atoms with Gasteiger partial charge in [-0.3, -0.25) is 0 Å². The van der Waals surface area contributed by atoms with Crippen LogP contribution in [0.3, 0.4) is 0 Å². The van der Waals surface area contributed by atoms with Crippen molar-refractivity contribution in [2.45, 2.75) is 58.4 Å². The molecule has 102 valence electrons. The molecule has 0 radical (unpaired) electrons. The first-order valence-electron chi connectivity index (χ1n) is 7.13. The highest BCUT2D eigenvalue weighted by Gasteiger charge is 2.37. The fourth-order valence-corrected chi connectivity index (χ4v) is 4.52. The van der Waals surface area contributed by atoms with Crippen LogP contribution in [0.1, 0.15) is 63.3 Å². The van der Waals surface area contributed by atoms with Crippen molar-refractivity contribution in [1.82, 2.24) is 5.32 Å². The van der Waals surface area contributed by atoms with Crippen LogP contribution < -0.4 is 5.32 Å². The summed E-state index contributed by atoms with van der Waals surface area (Å²) >= 11 is 8.17. The van der Waals surface area contributed by atoms with Crippen molar-refractivity contribution in [1.29, 1.82) is 0 Å². The van der Waals surface area contributed by atoms with E-state index in [-0.39, 0.29) is 0 Å². The summed E-state index contributed by atoms with van der Waals surface area (Å²) in [4.78, 5) is 1.34. The minimum Gasteiger partial charge on any atom is -0.309 e. The molecule has 1 nitrogen and oxygen atoms in total. The number of nitrogens with one attached hydrogen (secondary N) is 1. The molecule has 0 aromatic carbocycles. The zero-order valence-corrected chi connectivity index (χ0v) is 13.0. The average molecular weight is 286 g/mol. The van der Waals surface area contributed by atoms with Crippen molar-refractivity contribution in [3.63, 3.8) is 0 Å². The largest absolute Gasteiger partial charge is 0.309 e. The number of hydrogen-bond acceptors (Lipinski definition) is 2. The van der Waals surface area contributed by atoms with Gasteiger partial charge in [0.1, 0.15) is 0 Å². The lowest BCUT2D eigenvalue weighted by atomic mass is 9.70. The first-order valence-corrected chi connectivity index (χ1v) is 8.39. The van der Waals surface area contributed by atoms with Gasteiger partial charge in [0, 0.05) is 10.9 Å². The monoisotopic (exact) mass is 285 g/mol. The first kappa shape index (κ1) is 14.4. The first-order chi connectivity index (χ1) is 8.67. The van der Waals surface area contributed by atoms with Crippen molar-refractivity contribution >= 4 is 22.9 Å². The van der Waals surface area contributed by atoms with Gasteiger partial charge in [-0.1, -0.05) is 44.7 Å². The second kappa shape index (κ2) is 6.40. The Kier molecular flexibility index (Phi) is 5.11. The third-order valence-electron chi connectivity index (χ3n) is 4.20. The van der Waals surface area contributed by atoms with Crippen LogP contribution in [0.4, 0.5) is 0 Å². The van der Waals surface area contributed by atoms with E-state index >= 15 is 0 Å². The van der Waals surface area contributed by atoms with Crippen LogP contribution in [-0.4, -0.2) is 6.54 Å². The number of rotatable bonds is 5. The summed E-state index contributed by atoms with van der Waals surface area (Å²) in [5.41, 5.74) is 0.377. The lowest BCUT2D eigenvalue weighted by Gasteiger charge is -2.41. The molecule has 1 aliphatic carbocycles. The fraction of sp³-hybridized carbons (Fsp3) is 0.733. The Bertz CT molecular complexity index is 368. The van der Waals surface area contributed by atoms with Crippen molar-refractivity contribution in [3.8, 4) is 0 Å². The second-order valence-electron chi connectivity index (χ2n) is 5.73. The molecule has 0 spiro atoms. The van der Waals surface area contributed by atoms with E-state index in [4.69, 9.17) is 11.6 Å². The van der Waals surface area contributed by atoms with Crippen molar-refractivity contribution < 1.29 is 0 Å². The molecule has 1 aromatic rings. The van der Waals surface area contributed by atoms with Crippen LogP contribution >= 0.6 is 22.9 Å². The van der Waals surface area contributed by atoms with E-state index in [0.717, 1.165) is 11.6 Å². The average Bonchev–Trinajstić information content (AvgIpc) is 2.77. The van der Waals surface area contributed by atoms with Gasteiger partial charge in [0.25, 0.3) is 0 Å². The molecule has 1 aromatic heterocycles. The van der Waals surface area contributed by atoms with E-state index in [1.54, 1.807) is 11.3 Å². The van der Waals surface area contributed by atoms with Crippen LogP contribution in [0.2, 0.25) is 5.02 Å². The number of halogens is 1. The van der Waals surface area contributed by atoms with Gasteiger partial charge in [0.2, 0.25) is 0 Å². The Morgan fingerprint density at radius 1 is 1.39 bits per heavy atom. The SMILES string of the molecule is CCCNC(c1sccc1Cl)C1(C)CCCCC1. The van der Waals surface area contributed by atoms with Gasteiger partial charge in [0.15, 0.2) is 0 Å². The van der Waals surface area contributed by atoms with E-state index in [2.05, 4.69) is 24.5 Å². The molecule has 1 fully saturated rings. The van der Waals surface area contributed by atoms with Gasteiger partial charge in [-0.05, 0) is 42.7 Å². The lowest BCUT2D eigenvalue weighted by molar-refractivity contribution is 0.147. The normalized spacial score (nSPS) is 20.8. The summed E-state index contributed by atoms with van der Waals surface area (Å²) in [6.45, 7) is 5.74. The van der Waals surface area contributed by atoms with E-state index < -0.39 is 0 Å². The molecule has 1 atom stereocenters. The predicted molar refractivity (Wildman–Crippen MR) is 81.6 cm³/mol.